The number of hydrogen-bond donors (Lipinski definition) is 4. The van der Waals surface area contributed by atoms with Gasteiger partial charge in [-0.15, -0.1) is 0 Å². The number of Topliss-reactive ketones (excluding diaryl/α,β-unsaturated/α-hetero) is 1. The third-order valence-electron chi connectivity index (χ3n) is 2.54. The SMILES string of the molecule is N[C@@H](Cc1ccc(O)cc1)C(=O)C(C(=O)O)C(=O)O. The Morgan fingerprint density at radius 1 is 1.05 bits per heavy atom. The van der Waals surface area contributed by atoms with E-state index in [4.69, 9.17) is 21.1 Å². The number of hydrogen-bond acceptors (Lipinski definition) is 5. The lowest BCUT2D eigenvalue weighted by Crippen LogP contribution is -2.43. The van der Waals surface area contributed by atoms with Crippen LogP contribution in [0.2, 0.25) is 0 Å². The first kappa shape index (κ1) is 14.7. The van der Waals surface area contributed by atoms with E-state index in [1.807, 2.05) is 0 Å². The molecule has 1 aromatic rings. The molecule has 0 saturated carbocycles. The van der Waals surface area contributed by atoms with Crippen LogP contribution in [-0.4, -0.2) is 39.1 Å². The number of aromatic hydroxyl groups is 1. The number of phenols is 1. The lowest BCUT2D eigenvalue weighted by Gasteiger charge is -2.13. The van der Waals surface area contributed by atoms with Crippen LogP contribution in [0.5, 0.6) is 5.75 Å². The summed E-state index contributed by atoms with van der Waals surface area (Å²) < 4.78 is 0. The van der Waals surface area contributed by atoms with E-state index < -0.39 is 29.7 Å². The first-order valence-electron chi connectivity index (χ1n) is 5.35. The van der Waals surface area contributed by atoms with Crippen LogP contribution in [0.3, 0.4) is 0 Å². The Bertz CT molecular complexity index is 481. The van der Waals surface area contributed by atoms with Gasteiger partial charge in [-0.2, -0.15) is 0 Å². The lowest BCUT2D eigenvalue weighted by atomic mass is 9.94. The summed E-state index contributed by atoms with van der Waals surface area (Å²) >= 11 is 0. The van der Waals surface area contributed by atoms with E-state index in [-0.39, 0.29) is 12.2 Å². The van der Waals surface area contributed by atoms with Gasteiger partial charge in [-0.25, -0.2) is 0 Å². The highest BCUT2D eigenvalue weighted by Crippen LogP contribution is 2.12. The molecular formula is C12H13NO6. The summed E-state index contributed by atoms with van der Waals surface area (Å²) in [4.78, 5) is 33.0. The fourth-order valence-electron chi connectivity index (χ4n) is 1.55. The maximum Gasteiger partial charge on any atom is 0.325 e. The monoisotopic (exact) mass is 267 g/mol. The Kier molecular flexibility index (Phi) is 4.60. The second kappa shape index (κ2) is 5.96. The van der Waals surface area contributed by atoms with Gasteiger partial charge >= 0.3 is 11.9 Å². The van der Waals surface area contributed by atoms with E-state index in [2.05, 4.69) is 0 Å². The van der Waals surface area contributed by atoms with Gasteiger partial charge in [-0.1, -0.05) is 12.1 Å². The molecule has 1 rings (SSSR count). The number of carbonyl (C=O) groups excluding carboxylic acids is 1. The van der Waals surface area contributed by atoms with E-state index in [0.717, 1.165) is 0 Å². The molecule has 19 heavy (non-hydrogen) atoms. The zero-order chi connectivity index (χ0) is 14.6. The molecule has 0 radical (unpaired) electrons. The van der Waals surface area contributed by atoms with E-state index in [1.165, 1.54) is 24.3 Å². The molecule has 0 bridgehead atoms. The molecule has 0 heterocycles. The molecule has 0 fully saturated rings. The Morgan fingerprint density at radius 2 is 1.53 bits per heavy atom. The van der Waals surface area contributed by atoms with E-state index in [1.54, 1.807) is 0 Å². The second-order valence-electron chi connectivity index (χ2n) is 3.99. The number of carbonyl (C=O) groups is 3. The Hall–Kier alpha value is -2.41. The van der Waals surface area contributed by atoms with Crippen molar-refractivity contribution in [3.05, 3.63) is 29.8 Å². The quantitative estimate of drug-likeness (QED) is 0.515. The van der Waals surface area contributed by atoms with Crippen molar-refractivity contribution >= 4 is 17.7 Å². The standard InChI is InChI=1S/C12H13NO6/c13-8(5-6-1-3-7(14)4-2-6)10(15)9(11(16)17)12(18)19/h1-4,8-9,14H,5,13H2,(H,16,17)(H,18,19)/t8-/m0/s1. The molecule has 0 spiro atoms. The van der Waals surface area contributed by atoms with Crippen molar-refractivity contribution in [3.63, 3.8) is 0 Å². The first-order valence-corrected chi connectivity index (χ1v) is 5.35. The van der Waals surface area contributed by atoms with Crippen LogP contribution in [0.15, 0.2) is 24.3 Å². The van der Waals surface area contributed by atoms with Gasteiger partial charge in [-0.05, 0) is 24.1 Å². The maximum absolute atomic E-state index is 11.7. The minimum absolute atomic E-state index is 0.00380. The number of carboxylic acids is 2. The molecular weight excluding hydrogens is 254 g/mol. The summed E-state index contributed by atoms with van der Waals surface area (Å²) in [5.41, 5.74) is 6.12. The highest BCUT2D eigenvalue weighted by Gasteiger charge is 2.36. The number of carboxylic acid groups (broad SMARTS) is 2. The van der Waals surface area contributed by atoms with Gasteiger partial charge in [0.25, 0.3) is 0 Å². The molecule has 1 aromatic carbocycles. The summed E-state index contributed by atoms with van der Waals surface area (Å²) in [5.74, 6) is -6.66. The number of phenolic OH excluding ortho intramolecular Hbond substituents is 1. The van der Waals surface area contributed by atoms with Gasteiger partial charge < -0.3 is 21.1 Å². The number of rotatable bonds is 6. The zero-order valence-corrected chi connectivity index (χ0v) is 9.81. The normalized spacial score (nSPS) is 12.1. The first-order chi connectivity index (χ1) is 8.82. The van der Waals surface area contributed by atoms with Crippen LogP contribution in [0.4, 0.5) is 0 Å². The predicted molar refractivity (Wildman–Crippen MR) is 63.6 cm³/mol. The van der Waals surface area contributed by atoms with Crippen LogP contribution in [-0.2, 0) is 20.8 Å². The van der Waals surface area contributed by atoms with Crippen LogP contribution >= 0.6 is 0 Å². The topological polar surface area (TPSA) is 138 Å². The third-order valence-corrected chi connectivity index (χ3v) is 2.54. The van der Waals surface area contributed by atoms with Gasteiger partial charge in [0.15, 0.2) is 5.78 Å². The molecule has 5 N–H and O–H groups in total. The molecule has 0 aromatic heterocycles. The summed E-state index contributed by atoms with van der Waals surface area (Å²) in [6.07, 6.45) is -0.00380. The summed E-state index contributed by atoms with van der Waals surface area (Å²) in [6, 6.07) is 4.57. The number of ketones is 1. The largest absolute Gasteiger partial charge is 0.508 e. The van der Waals surface area contributed by atoms with Gasteiger partial charge in [-0.3, -0.25) is 14.4 Å². The van der Waals surface area contributed by atoms with Crippen LogP contribution in [0.1, 0.15) is 5.56 Å². The van der Waals surface area contributed by atoms with E-state index in [9.17, 15) is 14.4 Å². The highest BCUT2D eigenvalue weighted by molar-refractivity contribution is 6.15. The van der Waals surface area contributed by atoms with Crippen LogP contribution < -0.4 is 5.73 Å². The Balaban J connectivity index is 2.79. The summed E-state index contributed by atoms with van der Waals surface area (Å²) in [5, 5.41) is 26.4. The maximum atomic E-state index is 11.7. The summed E-state index contributed by atoms with van der Waals surface area (Å²) in [6.45, 7) is 0. The molecule has 0 unspecified atom stereocenters. The molecule has 0 aliphatic carbocycles. The fourth-order valence-corrected chi connectivity index (χ4v) is 1.55. The molecule has 0 aliphatic heterocycles. The second-order valence-corrected chi connectivity index (χ2v) is 3.99. The number of benzene rings is 1. The van der Waals surface area contributed by atoms with Gasteiger partial charge in [0.2, 0.25) is 5.92 Å². The molecule has 7 heteroatoms. The number of nitrogens with two attached hydrogens (primary N) is 1. The van der Waals surface area contributed by atoms with Crippen molar-refractivity contribution in [1.29, 1.82) is 0 Å². The summed E-state index contributed by atoms with van der Waals surface area (Å²) in [7, 11) is 0. The average Bonchev–Trinajstić information content (AvgIpc) is 2.31. The smallest absolute Gasteiger partial charge is 0.325 e. The van der Waals surface area contributed by atoms with Gasteiger partial charge in [0, 0.05) is 0 Å². The lowest BCUT2D eigenvalue weighted by molar-refractivity contribution is -0.158. The molecule has 7 nitrogen and oxygen atoms in total. The van der Waals surface area contributed by atoms with Crippen LogP contribution in [0, 0.1) is 5.92 Å². The molecule has 0 saturated heterocycles. The van der Waals surface area contributed by atoms with Crippen molar-refractivity contribution in [2.75, 3.05) is 0 Å². The highest BCUT2D eigenvalue weighted by atomic mass is 16.4. The molecule has 0 aliphatic rings. The zero-order valence-electron chi connectivity index (χ0n) is 9.81. The van der Waals surface area contributed by atoms with Crippen molar-refractivity contribution in [3.8, 4) is 5.75 Å². The van der Waals surface area contributed by atoms with Gasteiger partial charge in [0.1, 0.15) is 5.75 Å². The Labute approximate surface area is 108 Å². The van der Waals surface area contributed by atoms with Crippen molar-refractivity contribution < 1.29 is 29.7 Å². The molecule has 0 amide bonds. The minimum Gasteiger partial charge on any atom is -0.508 e. The minimum atomic E-state index is -2.16. The molecule has 102 valence electrons. The third kappa shape index (κ3) is 3.78. The van der Waals surface area contributed by atoms with E-state index in [0.29, 0.717) is 5.56 Å². The van der Waals surface area contributed by atoms with Crippen molar-refractivity contribution in [1.82, 2.24) is 0 Å². The van der Waals surface area contributed by atoms with Crippen molar-refractivity contribution in [2.45, 2.75) is 12.5 Å². The fraction of sp³-hybridized carbons (Fsp3) is 0.250. The van der Waals surface area contributed by atoms with Gasteiger partial charge in [0.05, 0.1) is 6.04 Å². The number of aliphatic carboxylic acids is 2. The van der Waals surface area contributed by atoms with Crippen LogP contribution in [0.25, 0.3) is 0 Å². The van der Waals surface area contributed by atoms with E-state index >= 15 is 0 Å². The predicted octanol–water partition coefficient (Wildman–Crippen LogP) is -0.384. The molecule has 1 atom stereocenters. The average molecular weight is 267 g/mol. The Morgan fingerprint density at radius 3 is 1.95 bits per heavy atom. The van der Waals surface area contributed by atoms with Crippen molar-refractivity contribution in [2.24, 2.45) is 11.7 Å².